The molecule has 340 valence electrons. The predicted octanol–water partition coefficient (Wildman–Crippen LogP) is 9.74. The van der Waals surface area contributed by atoms with Crippen molar-refractivity contribution in [2.75, 3.05) is 55.9 Å². The smallest absolute Gasteiger partial charge is 0.469 e. The van der Waals surface area contributed by atoms with Crippen molar-refractivity contribution in [1.29, 1.82) is 0 Å². The largest absolute Gasteiger partial charge is 0.476 e. The normalized spacial score (nSPS) is 12.3. The van der Waals surface area contributed by atoms with Gasteiger partial charge in [-0.2, -0.15) is 0 Å². The number of hydrogen-bond acceptors (Lipinski definition) is 11. The number of phosphoric acid groups is 1. The van der Waals surface area contributed by atoms with Crippen LogP contribution in [0.2, 0.25) is 0 Å². The van der Waals surface area contributed by atoms with Crippen LogP contribution in [-0.2, 0) is 55.2 Å². The molecule has 0 unspecified atom stereocenters. The van der Waals surface area contributed by atoms with Crippen molar-refractivity contribution in [1.82, 2.24) is 4.90 Å². The number of nitrogens with zero attached hydrogens (tertiary/aromatic N) is 2. The van der Waals surface area contributed by atoms with E-state index in [9.17, 15) is 23.7 Å². The van der Waals surface area contributed by atoms with Crippen molar-refractivity contribution in [3.8, 4) is 0 Å². The maximum Gasteiger partial charge on any atom is 0.476 e. The number of phosphoric ester groups is 1. The zero-order valence-electron chi connectivity index (χ0n) is 37.7. The van der Waals surface area contributed by atoms with E-state index < -0.39 is 50.3 Å². The monoisotopic (exact) mass is 886 g/mol. The number of likely N-dealkylation sites (N-methyl/N-ethyl adjacent to an activating group) is 1. The highest BCUT2D eigenvalue weighted by atomic mass is 31.2. The van der Waals surface area contributed by atoms with Crippen LogP contribution in [-0.4, -0.2) is 75.3 Å². The van der Waals surface area contributed by atoms with Crippen molar-refractivity contribution in [2.24, 2.45) is 11.8 Å². The Morgan fingerprint density at radius 1 is 0.730 bits per heavy atom. The Hall–Kier alpha value is -5.53. The number of hydrogen-bond donors (Lipinski definition) is 2. The first kappa shape index (κ1) is 50.1. The van der Waals surface area contributed by atoms with E-state index >= 15 is 0 Å². The Morgan fingerprint density at radius 3 is 1.84 bits per heavy atom. The molecule has 0 bridgehead atoms. The molecule has 0 aromatic heterocycles. The average Bonchev–Trinajstić information content (AvgIpc) is 3.25. The van der Waals surface area contributed by atoms with Gasteiger partial charge in [0.05, 0.1) is 44.7 Å². The quantitative estimate of drug-likeness (QED) is 0.0509. The summed E-state index contributed by atoms with van der Waals surface area (Å²) in [6.45, 7) is 12.7. The molecule has 0 heterocycles. The number of carbonyl (C=O) groups is 4. The topological polar surface area (TPSA) is 162 Å². The van der Waals surface area contributed by atoms with Crippen molar-refractivity contribution in [2.45, 2.75) is 79.6 Å². The van der Waals surface area contributed by atoms with Crippen LogP contribution in [0.25, 0.3) is 0 Å². The zero-order valence-corrected chi connectivity index (χ0v) is 38.6. The number of ether oxygens (including phenoxy) is 2. The van der Waals surface area contributed by atoms with Gasteiger partial charge >= 0.3 is 25.8 Å². The molecule has 2 atom stereocenters. The molecule has 14 nitrogen and oxygen atoms in total. The molecular weight excluding hydrogens is 824 g/mol. The minimum Gasteiger partial charge on any atom is -0.469 e. The fraction of sp³-hybridized carbons (Fsp3) is 0.417. The van der Waals surface area contributed by atoms with Gasteiger partial charge in [-0.25, -0.2) is 9.36 Å². The molecule has 0 spiro atoms. The molecule has 0 saturated carbocycles. The van der Waals surface area contributed by atoms with Crippen molar-refractivity contribution < 1.29 is 46.8 Å². The lowest BCUT2D eigenvalue weighted by Crippen LogP contribution is -2.39. The molecule has 3 amide bonds. The summed E-state index contributed by atoms with van der Waals surface area (Å²) >= 11 is 0. The van der Waals surface area contributed by atoms with E-state index in [1.54, 1.807) is 24.3 Å². The van der Waals surface area contributed by atoms with E-state index in [-0.39, 0.29) is 32.7 Å². The summed E-state index contributed by atoms with van der Waals surface area (Å²) in [7, 11) is -1.58. The first-order valence-electron chi connectivity index (χ1n) is 21.2. The van der Waals surface area contributed by atoms with Crippen LogP contribution in [0, 0.1) is 18.8 Å². The van der Waals surface area contributed by atoms with Crippen LogP contribution in [0.1, 0.15) is 75.6 Å². The van der Waals surface area contributed by atoms with Crippen LogP contribution in [0.3, 0.4) is 0 Å². The Labute approximate surface area is 372 Å². The molecule has 0 aliphatic rings. The molecule has 0 fully saturated rings. The fourth-order valence-electron chi connectivity index (χ4n) is 6.66. The number of carbonyl (C=O) groups excluding carboxylic acids is 4. The third-order valence-electron chi connectivity index (χ3n) is 9.77. The number of amides is 3. The number of aryl methyl sites for hydroxylation is 1. The molecule has 0 saturated heterocycles. The van der Waals surface area contributed by atoms with E-state index in [4.69, 9.17) is 23.0 Å². The fourth-order valence-corrected chi connectivity index (χ4v) is 7.95. The lowest BCUT2D eigenvalue weighted by molar-refractivity contribution is -0.151. The summed E-state index contributed by atoms with van der Waals surface area (Å²) < 4.78 is 41.5. The third kappa shape index (κ3) is 17.3. The van der Waals surface area contributed by atoms with Crippen LogP contribution in [0.4, 0.5) is 21.9 Å². The van der Waals surface area contributed by atoms with Crippen molar-refractivity contribution >= 4 is 48.8 Å². The second kappa shape index (κ2) is 24.9. The number of methoxy groups -OCH3 is 1. The summed E-state index contributed by atoms with van der Waals surface area (Å²) in [5.74, 6) is -1.61. The van der Waals surface area contributed by atoms with Gasteiger partial charge in [-0.3, -0.25) is 28.0 Å². The van der Waals surface area contributed by atoms with E-state index in [0.29, 0.717) is 23.2 Å². The van der Waals surface area contributed by atoms with Crippen LogP contribution >= 0.6 is 7.82 Å². The molecular formula is C48H63N4O10P. The lowest BCUT2D eigenvalue weighted by Gasteiger charge is -2.31. The first-order chi connectivity index (χ1) is 30.0. The van der Waals surface area contributed by atoms with Gasteiger partial charge in [0.1, 0.15) is 12.6 Å². The van der Waals surface area contributed by atoms with Crippen molar-refractivity contribution in [3.63, 3.8) is 0 Å². The number of urea groups is 1. The Bertz CT molecular complexity index is 2060. The summed E-state index contributed by atoms with van der Waals surface area (Å²) in [5, 5.41) is 5.95. The second-order valence-electron chi connectivity index (χ2n) is 16.3. The second-order valence-corrected chi connectivity index (χ2v) is 17.9. The molecule has 0 radical (unpaired) electrons. The van der Waals surface area contributed by atoms with Gasteiger partial charge in [0.15, 0.2) is 0 Å². The number of anilines is 3. The minimum absolute atomic E-state index is 0.0178. The van der Waals surface area contributed by atoms with Gasteiger partial charge < -0.3 is 29.9 Å². The van der Waals surface area contributed by atoms with E-state index in [1.807, 2.05) is 85.8 Å². The summed E-state index contributed by atoms with van der Waals surface area (Å²) in [6, 6.07) is 30.9. The molecule has 63 heavy (non-hydrogen) atoms. The summed E-state index contributed by atoms with van der Waals surface area (Å²) in [5.41, 5.74) is 5.27. The van der Waals surface area contributed by atoms with E-state index in [0.717, 1.165) is 45.9 Å². The standard InChI is InChI=1S/C48H63N4O10P/c1-34(2)29-52(30-35(3)4)44-24-21-40(27-43(44)50-48(56)49-42-22-19-36(5)20-23-42)41(28-45(53)58-8)25-26-59-46(54)31-51(7)47(55)37(6)62-63(57,60-32-38-15-11-9-12-16-38)61-33-39-17-13-10-14-18-39/h9-24,27,34-35,37,41H,25-26,28-33H2,1-8H3,(H2,49,50,56)/t37-,41-/m0/s1. The van der Waals surface area contributed by atoms with Gasteiger partial charge in [-0.05, 0) is 79.0 Å². The van der Waals surface area contributed by atoms with Gasteiger partial charge in [0.2, 0.25) is 0 Å². The molecule has 4 aromatic carbocycles. The van der Waals surface area contributed by atoms with E-state index in [1.165, 1.54) is 21.1 Å². The molecule has 4 aromatic rings. The number of esters is 2. The van der Waals surface area contributed by atoms with Gasteiger partial charge in [-0.1, -0.05) is 112 Å². The maximum atomic E-state index is 13.8. The SMILES string of the molecule is COC(=O)C[C@H](CCOC(=O)CN(C)C(=O)[C@H](C)OP(=O)(OCc1ccccc1)OCc1ccccc1)c1ccc(N(CC(C)C)CC(C)C)c(NC(=O)Nc2ccc(C)cc2)c1. The highest BCUT2D eigenvalue weighted by Crippen LogP contribution is 2.52. The number of benzene rings is 4. The van der Waals surface area contributed by atoms with Crippen molar-refractivity contribution in [3.05, 3.63) is 125 Å². The Kier molecular flexibility index (Phi) is 19.8. The molecule has 0 aliphatic heterocycles. The van der Waals surface area contributed by atoms with Crippen LogP contribution < -0.4 is 15.5 Å². The maximum absolute atomic E-state index is 13.8. The first-order valence-corrected chi connectivity index (χ1v) is 22.7. The van der Waals surface area contributed by atoms with Crippen LogP contribution in [0.5, 0.6) is 0 Å². The Morgan fingerprint density at radius 2 is 1.30 bits per heavy atom. The third-order valence-corrected chi connectivity index (χ3v) is 11.2. The predicted molar refractivity (Wildman–Crippen MR) is 245 cm³/mol. The van der Waals surface area contributed by atoms with Gasteiger partial charge in [-0.15, -0.1) is 0 Å². The van der Waals surface area contributed by atoms with Crippen LogP contribution in [0.15, 0.2) is 103 Å². The summed E-state index contributed by atoms with van der Waals surface area (Å²) in [4.78, 5) is 56.0. The van der Waals surface area contributed by atoms with Gasteiger partial charge in [0.25, 0.3) is 5.91 Å². The average molecular weight is 887 g/mol. The lowest BCUT2D eigenvalue weighted by atomic mass is 9.91. The molecule has 15 heteroatoms. The summed E-state index contributed by atoms with van der Waals surface area (Å²) in [6.07, 6.45) is -1.10. The molecule has 0 aliphatic carbocycles. The van der Waals surface area contributed by atoms with E-state index in [2.05, 4.69) is 43.2 Å². The highest BCUT2D eigenvalue weighted by molar-refractivity contribution is 7.48. The van der Waals surface area contributed by atoms with Gasteiger partial charge in [0, 0.05) is 25.8 Å². The molecule has 4 rings (SSSR count). The molecule has 2 N–H and O–H groups in total. The zero-order chi connectivity index (χ0) is 45.9. The minimum atomic E-state index is -4.29. The Balaban J connectivity index is 1.44. The number of nitrogens with one attached hydrogen (secondary N) is 2. The number of rotatable bonds is 24. The highest BCUT2D eigenvalue weighted by Gasteiger charge is 2.34.